The quantitative estimate of drug-likeness (QED) is 0.623. The summed E-state index contributed by atoms with van der Waals surface area (Å²) in [6.45, 7) is 0.995. The number of furan rings is 1. The number of rotatable bonds is 5. The molecule has 4 heteroatoms. The number of fused-ring (bicyclic) bond motifs is 1. The first-order valence-corrected chi connectivity index (χ1v) is 8.04. The minimum absolute atomic E-state index is 0.251. The van der Waals surface area contributed by atoms with Gasteiger partial charge in [0.05, 0.1) is 0 Å². The first kappa shape index (κ1) is 16.0. The first-order valence-electron chi connectivity index (χ1n) is 7.66. The summed E-state index contributed by atoms with van der Waals surface area (Å²) in [5.74, 6) is 1.46. The van der Waals surface area contributed by atoms with Crippen molar-refractivity contribution in [3.05, 3.63) is 59.1 Å². The molecule has 0 bridgehead atoms. The maximum Gasteiger partial charge on any atom is 0.142 e. The van der Waals surface area contributed by atoms with E-state index >= 15 is 0 Å². The minimum atomic E-state index is -0.251. The molecule has 23 heavy (non-hydrogen) atoms. The zero-order valence-corrected chi connectivity index (χ0v) is 14.0. The van der Waals surface area contributed by atoms with Gasteiger partial charge in [0.2, 0.25) is 0 Å². The first-order chi connectivity index (χ1) is 11.0. The molecule has 0 aliphatic carbocycles. The predicted octanol–water partition coefficient (Wildman–Crippen LogP) is 5.39. The molecule has 2 nitrogen and oxygen atoms in total. The van der Waals surface area contributed by atoms with E-state index in [0.29, 0.717) is 5.02 Å². The van der Waals surface area contributed by atoms with Gasteiger partial charge in [-0.2, -0.15) is 0 Å². The second-order valence-electron chi connectivity index (χ2n) is 5.96. The summed E-state index contributed by atoms with van der Waals surface area (Å²) in [4.78, 5) is 2.15. The Labute approximate surface area is 140 Å². The van der Waals surface area contributed by atoms with Gasteiger partial charge in [0.25, 0.3) is 0 Å². The van der Waals surface area contributed by atoms with Crippen molar-refractivity contribution in [2.75, 3.05) is 20.6 Å². The summed E-state index contributed by atoms with van der Waals surface area (Å²) in [7, 11) is 4.11. The lowest BCUT2D eigenvalue weighted by molar-refractivity contribution is 0.391. The molecule has 2 aromatic carbocycles. The van der Waals surface area contributed by atoms with Crippen molar-refractivity contribution in [1.82, 2.24) is 4.90 Å². The van der Waals surface area contributed by atoms with Crippen LogP contribution in [0.3, 0.4) is 0 Å². The molecule has 0 amide bonds. The molecule has 0 atom stereocenters. The summed E-state index contributed by atoms with van der Waals surface area (Å²) in [6.07, 6.45) is 1.85. The minimum Gasteiger partial charge on any atom is -0.460 e. The summed E-state index contributed by atoms with van der Waals surface area (Å²) in [5.41, 5.74) is 0.873. The molecule has 3 rings (SSSR count). The lowest BCUT2D eigenvalue weighted by atomic mass is 10.1. The van der Waals surface area contributed by atoms with Gasteiger partial charge in [-0.25, -0.2) is 4.39 Å². The molecule has 1 heterocycles. The Kier molecular flexibility index (Phi) is 4.69. The molecule has 3 aromatic rings. The number of benzene rings is 2. The van der Waals surface area contributed by atoms with Crippen LogP contribution in [0.5, 0.6) is 0 Å². The van der Waals surface area contributed by atoms with Gasteiger partial charge in [0, 0.05) is 27.8 Å². The maximum atomic E-state index is 13.2. The smallest absolute Gasteiger partial charge is 0.142 e. The number of aryl methyl sites for hydroxylation is 1. The average Bonchev–Trinajstić information content (AvgIpc) is 2.86. The van der Waals surface area contributed by atoms with Crippen LogP contribution in [0.2, 0.25) is 5.02 Å². The van der Waals surface area contributed by atoms with E-state index in [4.69, 9.17) is 16.0 Å². The Bertz CT molecular complexity index is 808. The highest BCUT2D eigenvalue weighted by Crippen LogP contribution is 2.36. The molecule has 0 saturated carbocycles. The van der Waals surface area contributed by atoms with E-state index in [0.717, 1.165) is 47.2 Å². The van der Waals surface area contributed by atoms with Gasteiger partial charge in [0.15, 0.2) is 0 Å². The van der Waals surface area contributed by atoms with Crippen molar-refractivity contribution in [2.24, 2.45) is 0 Å². The van der Waals surface area contributed by atoms with E-state index < -0.39 is 0 Å². The number of hydrogen-bond donors (Lipinski definition) is 0. The third-order valence-corrected chi connectivity index (χ3v) is 4.10. The fourth-order valence-electron chi connectivity index (χ4n) is 2.74. The lowest BCUT2D eigenvalue weighted by Crippen LogP contribution is -2.13. The zero-order valence-electron chi connectivity index (χ0n) is 13.3. The molecular weight excluding hydrogens is 313 g/mol. The van der Waals surface area contributed by atoms with E-state index in [2.05, 4.69) is 19.0 Å². The second kappa shape index (κ2) is 6.73. The summed E-state index contributed by atoms with van der Waals surface area (Å²) >= 11 is 6.15. The molecule has 0 aliphatic rings. The van der Waals surface area contributed by atoms with E-state index in [1.165, 1.54) is 12.1 Å². The third kappa shape index (κ3) is 3.57. The van der Waals surface area contributed by atoms with Crippen molar-refractivity contribution < 1.29 is 8.81 Å². The second-order valence-corrected chi connectivity index (χ2v) is 6.39. The summed E-state index contributed by atoms with van der Waals surface area (Å²) < 4.78 is 19.3. The van der Waals surface area contributed by atoms with Crippen molar-refractivity contribution in [2.45, 2.75) is 12.8 Å². The van der Waals surface area contributed by atoms with Crippen molar-refractivity contribution in [1.29, 1.82) is 0 Å². The highest BCUT2D eigenvalue weighted by molar-refractivity contribution is 6.31. The van der Waals surface area contributed by atoms with Crippen LogP contribution in [0.25, 0.3) is 22.1 Å². The Hall–Kier alpha value is -1.84. The molecule has 0 spiro atoms. The van der Waals surface area contributed by atoms with Crippen LogP contribution in [0.4, 0.5) is 4.39 Å². The summed E-state index contributed by atoms with van der Waals surface area (Å²) in [5, 5.41) is 2.74. The molecule has 0 N–H and O–H groups in total. The summed E-state index contributed by atoms with van der Waals surface area (Å²) in [6, 6.07) is 12.2. The van der Waals surface area contributed by atoms with Gasteiger partial charge in [-0.05, 0) is 69.5 Å². The van der Waals surface area contributed by atoms with Crippen LogP contribution in [0, 0.1) is 5.82 Å². The normalized spacial score (nSPS) is 11.5. The molecule has 0 unspecified atom stereocenters. The number of halogens is 2. The lowest BCUT2D eigenvalue weighted by Gasteiger charge is -2.07. The molecule has 0 aliphatic heterocycles. The Morgan fingerprint density at radius 2 is 1.78 bits per heavy atom. The molecule has 0 saturated heterocycles. The fourth-order valence-corrected chi connectivity index (χ4v) is 2.91. The Balaban J connectivity index is 2.02. The molecular formula is C19H19ClFNO. The van der Waals surface area contributed by atoms with Crippen LogP contribution in [-0.2, 0) is 6.42 Å². The fraction of sp³-hybridized carbons (Fsp3) is 0.263. The van der Waals surface area contributed by atoms with Gasteiger partial charge in [-0.3, -0.25) is 0 Å². The van der Waals surface area contributed by atoms with Crippen molar-refractivity contribution in [3.8, 4) is 11.3 Å². The average molecular weight is 332 g/mol. The van der Waals surface area contributed by atoms with E-state index in [-0.39, 0.29) is 5.82 Å². The molecule has 1 aromatic heterocycles. The monoisotopic (exact) mass is 331 g/mol. The highest BCUT2D eigenvalue weighted by atomic mass is 35.5. The molecule has 120 valence electrons. The van der Waals surface area contributed by atoms with E-state index in [1.807, 2.05) is 18.2 Å². The maximum absolute atomic E-state index is 13.2. The van der Waals surface area contributed by atoms with Gasteiger partial charge in [0.1, 0.15) is 17.3 Å². The number of nitrogens with zero attached hydrogens (tertiary/aromatic N) is 1. The largest absolute Gasteiger partial charge is 0.460 e. The molecule has 0 radical (unpaired) electrons. The highest BCUT2D eigenvalue weighted by Gasteiger charge is 2.15. The van der Waals surface area contributed by atoms with E-state index in [1.54, 1.807) is 12.1 Å². The Morgan fingerprint density at radius 3 is 2.48 bits per heavy atom. The van der Waals surface area contributed by atoms with Gasteiger partial charge in [-0.1, -0.05) is 11.6 Å². The van der Waals surface area contributed by atoms with Crippen LogP contribution in [-0.4, -0.2) is 25.5 Å². The van der Waals surface area contributed by atoms with Gasteiger partial charge in [-0.15, -0.1) is 0 Å². The molecule has 0 fully saturated rings. The third-order valence-electron chi connectivity index (χ3n) is 3.87. The number of hydrogen-bond acceptors (Lipinski definition) is 2. The van der Waals surface area contributed by atoms with Gasteiger partial charge < -0.3 is 9.32 Å². The van der Waals surface area contributed by atoms with Crippen molar-refractivity contribution in [3.63, 3.8) is 0 Å². The predicted molar refractivity (Wildman–Crippen MR) is 93.5 cm³/mol. The van der Waals surface area contributed by atoms with Crippen molar-refractivity contribution >= 4 is 22.4 Å². The van der Waals surface area contributed by atoms with Crippen LogP contribution in [0.1, 0.15) is 12.2 Å². The zero-order chi connectivity index (χ0) is 16.4. The topological polar surface area (TPSA) is 16.4 Å². The van der Waals surface area contributed by atoms with E-state index in [9.17, 15) is 4.39 Å². The van der Waals surface area contributed by atoms with Crippen LogP contribution in [0.15, 0.2) is 46.9 Å². The standard InChI is InChI=1S/C19H19ClFNO/c1-22(2)11-3-4-18-17-12-14(20)7-10-16(17)19(23-18)13-5-8-15(21)9-6-13/h5-10,12H,3-4,11H2,1-2H3. The van der Waals surface area contributed by atoms with Gasteiger partial charge >= 0.3 is 0 Å². The van der Waals surface area contributed by atoms with Crippen LogP contribution >= 0.6 is 11.6 Å². The Morgan fingerprint density at radius 1 is 1.04 bits per heavy atom. The van der Waals surface area contributed by atoms with Crippen LogP contribution < -0.4 is 0 Å². The SMILES string of the molecule is CN(C)CCCc1oc(-c2ccc(F)cc2)c2ccc(Cl)cc12.